The van der Waals surface area contributed by atoms with E-state index >= 15 is 0 Å². The normalized spacial score (nSPS) is 11.1. The second kappa shape index (κ2) is 6.12. The molecule has 0 saturated heterocycles. The Morgan fingerprint density at radius 2 is 2.13 bits per heavy atom. The maximum atomic E-state index is 10.7. The third-order valence-corrected chi connectivity index (χ3v) is 3.97. The molecule has 0 bridgehead atoms. The van der Waals surface area contributed by atoms with Crippen LogP contribution in [0.5, 0.6) is 0 Å². The van der Waals surface area contributed by atoms with Crippen LogP contribution < -0.4 is 5.32 Å². The first kappa shape index (κ1) is 15.1. The highest BCUT2D eigenvalue weighted by Gasteiger charge is 2.12. The number of H-pyrrole nitrogens is 1. The summed E-state index contributed by atoms with van der Waals surface area (Å²) < 4.78 is 0. The summed E-state index contributed by atoms with van der Waals surface area (Å²) in [6.45, 7) is 4.54. The second-order valence-corrected chi connectivity index (χ2v) is 5.83. The first-order chi connectivity index (χ1) is 11.1. The van der Waals surface area contributed by atoms with Crippen LogP contribution in [0.1, 0.15) is 30.9 Å². The Kier molecular flexibility index (Phi) is 4.02. The van der Waals surface area contributed by atoms with Crippen molar-refractivity contribution in [3.63, 3.8) is 0 Å². The van der Waals surface area contributed by atoms with E-state index in [9.17, 15) is 4.79 Å². The van der Waals surface area contributed by atoms with Crippen molar-refractivity contribution in [2.75, 3.05) is 0 Å². The van der Waals surface area contributed by atoms with E-state index in [0.717, 1.165) is 33.3 Å². The van der Waals surface area contributed by atoms with Gasteiger partial charge in [0.1, 0.15) is 5.65 Å². The molecule has 5 heteroatoms. The van der Waals surface area contributed by atoms with Gasteiger partial charge < -0.3 is 15.4 Å². The predicted molar refractivity (Wildman–Crippen MR) is 90.5 cm³/mol. The summed E-state index contributed by atoms with van der Waals surface area (Å²) in [5.41, 5.74) is 5.25. The summed E-state index contributed by atoms with van der Waals surface area (Å²) >= 11 is 0. The lowest BCUT2D eigenvalue weighted by molar-refractivity contribution is 0.194. The molecule has 23 heavy (non-hydrogen) atoms. The lowest BCUT2D eigenvalue weighted by Gasteiger charge is -2.15. The van der Waals surface area contributed by atoms with Gasteiger partial charge in [-0.25, -0.2) is 9.78 Å². The van der Waals surface area contributed by atoms with Crippen molar-refractivity contribution in [2.24, 2.45) is 0 Å². The predicted octanol–water partition coefficient (Wildman–Crippen LogP) is 4.12. The number of carboxylic acid groups (broad SMARTS) is 1. The zero-order chi connectivity index (χ0) is 16.4. The highest BCUT2D eigenvalue weighted by Crippen LogP contribution is 2.31. The zero-order valence-electron chi connectivity index (χ0n) is 13.1. The fraction of sp³-hybridized carbons (Fsp3) is 0.222. The maximum Gasteiger partial charge on any atom is 0.404 e. The Morgan fingerprint density at radius 1 is 1.30 bits per heavy atom. The van der Waals surface area contributed by atoms with E-state index in [0.29, 0.717) is 12.5 Å². The lowest BCUT2D eigenvalue weighted by Crippen LogP contribution is -2.20. The van der Waals surface area contributed by atoms with E-state index in [1.807, 2.05) is 30.5 Å². The third-order valence-electron chi connectivity index (χ3n) is 3.97. The molecular weight excluding hydrogens is 290 g/mol. The summed E-state index contributed by atoms with van der Waals surface area (Å²) in [5.74, 6) is 0.309. The fourth-order valence-electron chi connectivity index (χ4n) is 2.84. The molecule has 0 aliphatic carbocycles. The van der Waals surface area contributed by atoms with Gasteiger partial charge in [-0.3, -0.25) is 0 Å². The van der Waals surface area contributed by atoms with Crippen molar-refractivity contribution in [1.82, 2.24) is 15.3 Å². The molecule has 1 aromatic carbocycles. The minimum Gasteiger partial charge on any atom is -0.465 e. The number of hydrogen-bond acceptors (Lipinski definition) is 2. The summed E-state index contributed by atoms with van der Waals surface area (Å²) in [4.78, 5) is 18.2. The lowest BCUT2D eigenvalue weighted by atomic mass is 9.92. The van der Waals surface area contributed by atoms with E-state index in [1.165, 1.54) is 0 Å². The molecule has 0 radical (unpaired) electrons. The van der Waals surface area contributed by atoms with Crippen molar-refractivity contribution in [1.29, 1.82) is 0 Å². The Bertz CT molecular complexity index is 852. The second-order valence-electron chi connectivity index (χ2n) is 5.83. The van der Waals surface area contributed by atoms with Crippen LogP contribution in [-0.4, -0.2) is 21.2 Å². The molecule has 3 N–H and O–H groups in total. The highest BCUT2D eigenvalue weighted by molar-refractivity contribution is 5.93. The number of nitrogens with one attached hydrogen (secondary N) is 2. The van der Waals surface area contributed by atoms with E-state index in [1.54, 1.807) is 6.20 Å². The molecule has 0 fully saturated rings. The number of nitrogens with zero attached hydrogens (tertiary/aromatic N) is 1. The minimum absolute atomic E-state index is 0.309. The summed E-state index contributed by atoms with van der Waals surface area (Å²) in [6.07, 6.45) is 2.67. The number of aromatic amines is 1. The number of amides is 1. The number of fused-ring (bicyclic) bond motifs is 1. The quantitative estimate of drug-likeness (QED) is 0.678. The van der Waals surface area contributed by atoms with Gasteiger partial charge in [0, 0.05) is 24.3 Å². The molecule has 0 spiro atoms. The average Bonchev–Trinajstić information content (AvgIpc) is 3.01. The Labute approximate surface area is 134 Å². The van der Waals surface area contributed by atoms with Gasteiger partial charge in [0.25, 0.3) is 0 Å². The van der Waals surface area contributed by atoms with Crippen LogP contribution in [-0.2, 0) is 6.54 Å². The average molecular weight is 309 g/mol. The molecule has 0 aliphatic rings. The van der Waals surface area contributed by atoms with Crippen LogP contribution in [0, 0.1) is 0 Å². The minimum atomic E-state index is -1.01. The van der Waals surface area contributed by atoms with E-state index < -0.39 is 6.09 Å². The van der Waals surface area contributed by atoms with Crippen LogP contribution in [0.3, 0.4) is 0 Å². The number of rotatable bonds is 4. The van der Waals surface area contributed by atoms with E-state index in [2.05, 4.69) is 35.2 Å². The fourth-order valence-corrected chi connectivity index (χ4v) is 2.84. The van der Waals surface area contributed by atoms with Gasteiger partial charge >= 0.3 is 6.09 Å². The summed E-state index contributed by atoms with van der Waals surface area (Å²) in [7, 11) is 0. The number of aromatic nitrogens is 2. The molecule has 0 atom stereocenters. The van der Waals surface area contributed by atoms with Gasteiger partial charge in [-0.05, 0) is 40.3 Å². The van der Waals surface area contributed by atoms with Gasteiger partial charge in [-0.15, -0.1) is 0 Å². The molecule has 1 amide bonds. The van der Waals surface area contributed by atoms with Crippen LogP contribution in [0.4, 0.5) is 4.79 Å². The van der Waals surface area contributed by atoms with E-state index in [-0.39, 0.29) is 0 Å². The van der Waals surface area contributed by atoms with Crippen molar-refractivity contribution < 1.29 is 9.90 Å². The number of carbonyl (C=O) groups is 1. The SMILES string of the molecule is CC(C)c1cc(-c2ccnc3[nH]ccc23)ccc1CNC(=O)O. The molecule has 118 valence electrons. The number of pyridine rings is 1. The summed E-state index contributed by atoms with van der Waals surface area (Å²) in [5, 5.41) is 12.3. The van der Waals surface area contributed by atoms with Gasteiger partial charge in [0.05, 0.1) is 0 Å². The Hall–Kier alpha value is -2.82. The molecule has 3 aromatic rings. The standard InChI is InChI=1S/C18H19N3O2/c1-11(2)16-9-12(3-4-13(16)10-21-18(22)23)14-5-7-19-17-15(14)6-8-20-17/h3-9,11,21H,10H2,1-2H3,(H,19,20)(H,22,23). The zero-order valence-corrected chi connectivity index (χ0v) is 13.1. The van der Waals surface area contributed by atoms with Gasteiger partial charge in [0.15, 0.2) is 0 Å². The first-order valence-corrected chi connectivity index (χ1v) is 7.58. The smallest absolute Gasteiger partial charge is 0.404 e. The largest absolute Gasteiger partial charge is 0.465 e. The Balaban J connectivity index is 2.05. The molecule has 2 heterocycles. The summed E-state index contributed by atoms with van der Waals surface area (Å²) in [6, 6.07) is 10.2. The van der Waals surface area contributed by atoms with Crippen LogP contribution in [0.2, 0.25) is 0 Å². The molecule has 3 rings (SSSR count). The molecular formula is C18H19N3O2. The van der Waals surface area contributed by atoms with Crippen LogP contribution in [0.15, 0.2) is 42.7 Å². The molecule has 2 aromatic heterocycles. The van der Waals surface area contributed by atoms with Crippen molar-refractivity contribution in [3.05, 3.63) is 53.9 Å². The molecule has 0 unspecified atom stereocenters. The molecule has 0 aliphatic heterocycles. The molecule has 5 nitrogen and oxygen atoms in total. The molecule has 0 saturated carbocycles. The van der Waals surface area contributed by atoms with Crippen molar-refractivity contribution in [2.45, 2.75) is 26.3 Å². The van der Waals surface area contributed by atoms with Gasteiger partial charge in [0.2, 0.25) is 0 Å². The number of hydrogen-bond donors (Lipinski definition) is 3. The van der Waals surface area contributed by atoms with Gasteiger partial charge in [-0.1, -0.05) is 32.0 Å². The topological polar surface area (TPSA) is 78.0 Å². The van der Waals surface area contributed by atoms with Crippen molar-refractivity contribution in [3.8, 4) is 11.1 Å². The van der Waals surface area contributed by atoms with E-state index in [4.69, 9.17) is 5.11 Å². The first-order valence-electron chi connectivity index (χ1n) is 7.58. The van der Waals surface area contributed by atoms with Crippen molar-refractivity contribution >= 4 is 17.1 Å². The van der Waals surface area contributed by atoms with Crippen LogP contribution >= 0.6 is 0 Å². The van der Waals surface area contributed by atoms with Gasteiger partial charge in [-0.2, -0.15) is 0 Å². The monoisotopic (exact) mass is 309 g/mol. The third kappa shape index (κ3) is 3.04. The Morgan fingerprint density at radius 3 is 2.87 bits per heavy atom. The van der Waals surface area contributed by atoms with Crippen LogP contribution in [0.25, 0.3) is 22.2 Å². The highest BCUT2D eigenvalue weighted by atomic mass is 16.4. The number of benzene rings is 1. The maximum absolute atomic E-state index is 10.7.